The number of carbonyl (C=O) groups is 1. The standard InChI is InChI=1S/C14H16FN3O/c1-10-12(9-19)8-18(16-10)14-11(7-17(2)3)5-4-6-13(14)15/h4-6,8-9H,7H2,1-3H3. The highest BCUT2D eigenvalue weighted by molar-refractivity contribution is 5.76. The molecule has 1 aromatic heterocycles. The molecule has 0 unspecified atom stereocenters. The van der Waals surface area contributed by atoms with Crippen LogP contribution in [0.2, 0.25) is 0 Å². The van der Waals surface area contributed by atoms with Gasteiger partial charge in [-0.3, -0.25) is 4.79 Å². The predicted molar refractivity (Wildman–Crippen MR) is 71.0 cm³/mol. The zero-order valence-electron chi connectivity index (χ0n) is 11.2. The van der Waals surface area contributed by atoms with Gasteiger partial charge in [0.1, 0.15) is 11.5 Å². The molecule has 0 saturated heterocycles. The van der Waals surface area contributed by atoms with Crippen molar-refractivity contribution in [2.24, 2.45) is 0 Å². The quantitative estimate of drug-likeness (QED) is 0.792. The highest BCUT2D eigenvalue weighted by Crippen LogP contribution is 2.20. The Morgan fingerprint density at radius 1 is 1.42 bits per heavy atom. The topological polar surface area (TPSA) is 38.1 Å². The lowest BCUT2D eigenvalue weighted by Gasteiger charge is -2.14. The number of halogens is 1. The van der Waals surface area contributed by atoms with Crippen LogP contribution in [0, 0.1) is 12.7 Å². The van der Waals surface area contributed by atoms with E-state index in [-0.39, 0.29) is 5.82 Å². The first kappa shape index (κ1) is 13.4. The lowest BCUT2D eigenvalue weighted by Crippen LogP contribution is -2.14. The maximum Gasteiger partial charge on any atom is 0.153 e. The minimum Gasteiger partial charge on any atom is -0.305 e. The van der Waals surface area contributed by atoms with Crippen molar-refractivity contribution >= 4 is 6.29 Å². The monoisotopic (exact) mass is 261 g/mol. The number of hydrogen-bond donors (Lipinski definition) is 0. The van der Waals surface area contributed by atoms with Crippen LogP contribution in [-0.4, -0.2) is 35.1 Å². The van der Waals surface area contributed by atoms with E-state index in [1.54, 1.807) is 19.2 Å². The zero-order chi connectivity index (χ0) is 14.0. The molecule has 0 aliphatic heterocycles. The lowest BCUT2D eigenvalue weighted by molar-refractivity contribution is 0.112. The van der Waals surface area contributed by atoms with Crippen LogP contribution in [0.4, 0.5) is 4.39 Å². The summed E-state index contributed by atoms with van der Waals surface area (Å²) >= 11 is 0. The van der Waals surface area contributed by atoms with Gasteiger partial charge in [0.05, 0.1) is 11.3 Å². The van der Waals surface area contributed by atoms with Gasteiger partial charge in [0, 0.05) is 12.7 Å². The van der Waals surface area contributed by atoms with Gasteiger partial charge in [0.2, 0.25) is 0 Å². The first-order chi connectivity index (χ1) is 9.02. The number of aryl methyl sites for hydroxylation is 1. The van der Waals surface area contributed by atoms with Crippen molar-refractivity contribution < 1.29 is 9.18 Å². The highest BCUT2D eigenvalue weighted by atomic mass is 19.1. The second-order valence-corrected chi connectivity index (χ2v) is 4.72. The third kappa shape index (κ3) is 2.71. The maximum atomic E-state index is 14.1. The molecule has 0 fully saturated rings. The van der Waals surface area contributed by atoms with Crippen molar-refractivity contribution in [3.63, 3.8) is 0 Å². The van der Waals surface area contributed by atoms with Crippen LogP contribution >= 0.6 is 0 Å². The molecule has 0 N–H and O–H groups in total. The van der Waals surface area contributed by atoms with E-state index in [4.69, 9.17) is 0 Å². The molecular weight excluding hydrogens is 245 g/mol. The van der Waals surface area contributed by atoms with Gasteiger partial charge in [-0.25, -0.2) is 9.07 Å². The Hall–Kier alpha value is -2.01. The number of rotatable bonds is 4. The van der Waals surface area contributed by atoms with Gasteiger partial charge in [0.15, 0.2) is 6.29 Å². The number of aromatic nitrogens is 2. The number of para-hydroxylation sites is 1. The van der Waals surface area contributed by atoms with Crippen molar-refractivity contribution in [1.82, 2.24) is 14.7 Å². The van der Waals surface area contributed by atoms with Gasteiger partial charge in [-0.2, -0.15) is 5.10 Å². The van der Waals surface area contributed by atoms with Crippen molar-refractivity contribution in [3.8, 4) is 5.69 Å². The minimum atomic E-state index is -0.348. The molecule has 2 aromatic rings. The Balaban J connectivity index is 2.56. The molecule has 0 saturated carbocycles. The molecule has 5 heteroatoms. The average Bonchev–Trinajstić information content (AvgIpc) is 2.69. The molecule has 0 atom stereocenters. The van der Waals surface area contributed by atoms with Crippen LogP contribution in [-0.2, 0) is 6.54 Å². The van der Waals surface area contributed by atoms with Gasteiger partial charge in [-0.05, 0) is 32.6 Å². The number of benzene rings is 1. The van der Waals surface area contributed by atoms with Crippen LogP contribution in [0.5, 0.6) is 0 Å². The molecule has 0 bridgehead atoms. The Labute approximate surface area is 111 Å². The van der Waals surface area contributed by atoms with Crippen molar-refractivity contribution in [3.05, 3.63) is 47.0 Å². The predicted octanol–water partition coefficient (Wildman–Crippen LogP) is 2.19. The van der Waals surface area contributed by atoms with E-state index < -0.39 is 0 Å². The summed E-state index contributed by atoms with van der Waals surface area (Å²) in [7, 11) is 3.83. The van der Waals surface area contributed by atoms with Gasteiger partial charge < -0.3 is 4.90 Å². The molecule has 0 aliphatic rings. The Bertz CT molecular complexity index is 605. The molecule has 1 heterocycles. The number of hydrogen-bond acceptors (Lipinski definition) is 3. The normalized spacial score (nSPS) is 11.0. The molecule has 0 aliphatic carbocycles. The average molecular weight is 261 g/mol. The van der Waals surface area contributed by atoms with Gasteiger partial charge in [0.25, 0.3) is 0 Å². The minimum absolute atomic E-state index is 0.348. The summed E-state index contributed by atoms with van der Waals surface area (Å²) in [6.45, 7) is 2.33. The van der Waals surface area contributed by atoms with E-state index in [9.17, 15) is 9.18 Å². The highest BCUT2D eigenvalue weighted by Gasteiger charge is 2.14. The van der Waals surface area contributed by atoms with E-state index in [1.807, 2.05) is 25.1 Å². The molecule has 0 radical (unpaired) electrons. The van der Waals surface area contributed by atoms with E-state index in [0.717, 1.165) is 11.8 Å². The largest absolute Gasteiger partial charge is 0.305 e. The Morgan fingerprint density at radius 2 is 2.16 bits per heavy atom. The second-order valence-electron chi connectivity index (χ2n) is 4.72. The summed E-state index contributed by atoms with van der Waals surface area (Å²) in [6, 6.07) is 4.93. The second kappa shape index (κ2) is 5.32. The van der Waals surface area contributed by atoms with Crippen molar-refractivity contribution in [2.75, 3.05) is 14.1 Å². The summed E-state index contributed by atoms with van der Waals surface area (Å²) in [5.41, 5.74) is 2.28. The number of nitrogens with zero attached hydrogens (tertiary/aromatic N) is 3. The molecule has 100 valence electrons. The zero-order valence-corrected chi connectivity index (χ0v) is 11.2. The SMILES string of the molecule is Cc1nn(-c2c(F)cccc2CN(C)C)cc1C=O. The molecule has 2 rings (SSSR count). The van der Waals surface area contributed by atoms with Gasteiger partial charge >= 0.3 is 0 Å². The van der Waals surface area contributed by atoms with E-state index in [1.165, 1.54) is 10.7 Å². The van der Waals surface area contributed by atoms with E-state index in [2.05, 4.69) is 5.10 Å². The number of carbonyl (C=O) groups excluding carboxylic acids is 1. The Morgan fingerprint density at radius 3 is 2.74 bits per heavy atom. The summed E-state index contributed by atoms with van der Waals surface area (Å²) in [4.78, 5) is 12.8. The van der Waals surface area contributed by atoms with Gasteiger partial charge in [-0.15, -0.1) is 0 Å². The fourth-order valence-corrected chi connectivity index (χ4v) is 1.99. The molecule has 19 heavy (non-hydrogen) atoms. The summed E-state index contributed by atoms with van der Waals surface area (Å²) < 4.78 is 15.5. The Kier molecular flexibility index (Phi) is 3.76. The molecular formula is C14H16FN3O. The van der Waals surface area contributed by atoms with Crippen LogP contribution in [0.3, 0.4) is 0 Å². The summed E-state index contributed by atoms with van der Waals surface area (Å²) in [6.07, 6.45) is 2.28. The lowest BCUT2D eigenvalue weighted by atomic mass is 10.1. The third-order valence-corrected chi connectivity index (χ3v) is 2.85. The smallest absolute Gasteiger partial charge is 0.153 e. The molecule has 1 aromatic carbocycles. The van der Waals surface area contributed by atoms with Crippen LogP contribution in [0.15, 0.2) is 24.4 Å². The summed E-state index contributed by atoms with van der Waals surface area (Å²) in [5.74, 6) is -0.348. The number of aldehydes is 1. The van der Waals surface area contributed by atoms with E-state index in [0.29, 0.717) is 23.5 Å². The first-order valence-electron chi connectivity index (χ1n) is 5.97. The maximum absolute atomic E-state index is 14.1. The van der Waals surface area contributed by atoms with Crippen molar-refractivity contribution in [1.29, 1.82) is 0 Å². The first-order valence-corrected chi connectivity index (χ1v) is 5.97. The van der Waals surface area contributed by atoms with Crippen LogP contribution in [0.25, 0.3) is 5.69 Å². The fourth-order valence-electron chi connectivity index (χ4n) is 1.99. The fraction of sp³-hybridized carbons (Fsp3) is 0.286. The molecule has 4 nitrogen and oxygen atoms in total. The van der Waals surface area contributed by atoms with Crippen LogP contribution in [0.1, 0.15) is 21.6 Å². The summed E-state index contributed by atoms with van der Waals surface area (Å²) in [5, 5.41) is 4.21. The molecule has 0 amide bonds. The molecule has 0 spiro atoms. The third-order valence-electron chi connectivity index (χ3n) is 2.85. The van der Waals surface area contributed by atoms with Crippen molar-refractivity contribution in [2.45, 2.75) is 13.5 Å². The van der Waals surface area contributed by atoms with Gasteiger partial charge in [-0.1, -0.05) is 12.1 Å². The van der Waals surface area contributed by atoms with Crippen LogP contribution < -0.4 is 0 Å². The van der Waals surface area contributed by atoms with E-state index >= 15 is 0 Å².